The number of likely N-dealkylation sites (tertiary alicyclic amines) is 1. The van der Waals surface area contributed by atoms with E-state index in [1.54, 1.807) is 6.92 Å². The van der Waals surface area contributed by atoms with E-state index < -0.39 is 0 Å². The average Bonchev–Trinajstić information content (AvgIpc) is 2.61. The molecule has 1 saturated heterocycles. The summed E-state index contributed by atoms with van der Waals surface area (Å²) in [6.45, 7) is 5.08. The molecule has 0 aromatic carbocycles. The van der Waals surface area contributed by atoms with Crippen molar-refractivity contribution in [1.29, 1.82) is 0 Å². The first-order chi connectivity index (χ1) is 12.0. The number of nitrogens with zero attached hydrogens (tertiary/aromatic N) is 3. The first kappa shape index (κ1) is 17.3. The lowest BCUT2D eigenvalue weighted by molar-refractivity contribution is -0.132. The SMILES string of the molecule is Cc1nc(C)c(CCC(=O)N2CCC(c3ccccn3)CC2)c(=O)[nH]1. The Hall–Kier alpha value is -2.50. The van der Waals surface area contributed by atoms with Crippen molar-refractivity contribution >= 4 is 5.91 Å². The Morgan fingerprint density at radius 2 is 2.04 bits per heavy atom. The summed E-state index contributed by atoms with van der Waals surface area (Å²) in [7, 11) is 0. The zero-order chi connectivity index (χ0) is 17.8. The molecule has 6 heteroatoms. The second kappa shape index (κ2) is 7.59. The summed E-state index contributed by atoms with van der Waals surface area (Å²) in [5.41, 5.74) is 2.30. The predicted octanol–water partition coefficient (Wildman–Crippen LogP) is 2.12. The molecule has 1 aliphatic rings. The van der Waals surface area contributed by atoms with Gasteiger partial charge in [0.15, 0.2) is 0 Å². The van der Waals surface area contributed by atoms with Gasteiger partial charge in [-0.3, -0.25) is 14.6 Å². The Morgan fingerprint density at radius 1 is 1.28 bits per heavy atom. The molecule has 3 rings (SSSR count). The van der Waals surface area contributed by atoms with Gasteiger partial charge in [-0.1, -0.05) is 6.07 Å². The van der Waals surface area contributed by atoms with Crippen LogP contribution in [-0.2, 0) is 11.2 Å². The lowest BCUT2D eigenvalue weighted by Gasteiger charge is -2.31. The van der Waals surface area contributed by atoms with Gasteiger partial charge in [-0.25, -0.2) is 4.98 Å². The molecule has 2 aromatic heterocycles. The number of amides is 1. The van der Waals surface area contributed by atoms with Crippen molar-refractivity contribution in [2.75, 3.05) is 13.1 Å². The van der Waals surface area contributed by atoms with Gasteiger partial charge in [0, 0.05) is 48.6 Å². The number of hydrogen-bond donors (Lipinski definition) is 1. The number of aromatic amines is 1. The van der Waals surface area contributed by atoms with Crippen LogP contribution in [0.3, 0.4) is 0 Å². The van der Waals surface area contributed by atoms with E-state index in [-0.39, 0.29) is 11.5 Å². The third kappa shape index (κ3) is 4.13. The summed E-state index contributed by atoms with van der Waals surface area (Å²) in [5, 5.41) is 0. The van der Waals surface area contributed by atoms with Crippen molar-refractivity contribution < 1.29 is 4.79 Å². The molecule has 1 fully saturated rings. The molecule has 1 aliphatic heterocycles. The lowest BCUT2D eigenvalue weighted by Crippen LogP contribution is -2.38. The van der Waals surface area contributed by atoms with Gasteiger partial charge in [0.1, 0.15) is 5.82 Å². The Kier molecular flexibility index (Phi) is 5.26. The molecule has 0 saturated carbocycles. The van der Waals surface area contributed by atoms with Gasteiger partial charge in [-0.2, -0.15) is 0 Å². The van der Waals surface area contributed by atoms with Crippen LogP contribution in [0.4, 0.5) is 0 Å². The first-order valence-corrected chi connectivity index (χ1v) is 8.79. The number of nitrogens with one attached hydrogen (secondary N) is 1. The van der Waals surface area contributed by atoms with Gasteiger partial charge in [0.2, 0.25) is 5.91 Å². The number of piperidine rings is 1. The molecule has 0 aliphatic carbocycles. The van der Waals surface area contributed by atoms with Gasteiger partial charge < -0.3 is 9.88 Å². The normalized spacial score (nSPS) is 15.4. The molecular weight excluding hydrogens is 316 g/mol. The van der Waals surface area contributed by atoms with E-state index in [4.69, 9.17) is 0 Å². The molecule has 0 radical (unpaired) electrons. The van der Waals surface area contributed by atoms with Crippen LogP contribution >= 0.6 is 0 Å². The predicted molar refractivity (Wildman–Crippen MR) is 95.4 cm³/mol. The standard InChI is InChI=1S/C19H24N4O2/c1-13-16(19(25)22-14(2)21-13)6-7-18(24)23-11-8-15(9-12-23)17-5-3-4-10-20-17/h3-5,10,15H,6-9,11-12H2,1-2H3,(H,21,22,25). The second-order valence-corrected chi connectivity index (χ2v) is 6.62. The number of rotatable bonds is 4. The zero-order valence-corrected chi connectivity index (χ0v) is 14.8. The summed E-state index contributed by atoms with van der Waals surface area (Å²) in [6.07, 6.45) is 4.49. The van der Waals surface area contributed by atoms with E-state index in [1.807, 2.05) is 30.2 Å². The van der Waals surface area contributed by atoms with Crippen molar-refractivity contribution in [1.82, 2.24) is 19.9 Å². The summed E-state index contributed by atoms with van der Waals surface area (Å²) in [5.74, 6) is 1.14. The van der Waals surface area contributed by atoms with E-state index >= 15 is 0 Å². The van der Waals surface area contributed by atoms with Crippen molar-refractivity contribution in [2.45, 2.75) is 45.4 Å². The number of hydrogen-bond acceptors (Lipinski definition) is 4. The molecule has 1 amide bonds. The van der Waals surface area contributed by atoms with Gasteiger partial charge in [-0.05, 0) is 45.2 Å². The zero-order valence-electron chi connectivity index (χ0n) is 14.8. The Labute approximate surface area is 147 Å². The minimum Gasteiger partial charge on any atom is -0.343 e. The second-order valence-electron chi connectivity index (χ2n) is 6.62. The summed E-state index contributed by atoms with van der Waals surface area (Å²) in [4.78, 5) is 37.8. The topological polar surface area (TPSA) is 79.0 Å². The van der Waals surface area contributed by atoms with Gasteiger partial charge in [0.05, 0.1) is 0 Å². The van der Waals surface area contributed by atoms with Crippen molar-refractivity contribution in [3.8, 4) is 0 Å². The minimum atomic E-state index is -0.133. The molecule has 0 spiro atoms. The summed E-state index contributed by atoms with van der Waals surface area (Å²) >= 11 is 0. The van der Waals surface area contributed by atoms with Crippen molar-refractivity contribution in [3.05, 3.63) is 57.5 Å². The minimum absolute atomic E-state index is 0.110. The molecule has 1 N–H and O–H groups in total. The van der Waals surface area contributed by atoms with Gasteiger partial charge in [0.25, 0.3) is 5.56 Å². The molecule has 0 bridgehead atoms. The van der Waals surface area contributed by atoms with Crippen LogP contribution in [0.25, 0.3) is 0 Å². The van der Waals surface area contributed by atoms with E-state index in [1.165, 1.54) is 0 Å². The van der Waals surface area contributed by atoms with E-state index in [2.05, 4.69) is 21.0 Å². The van der Waals surface area contributed by atoms with Crippen LogP contribution in [0, 0.1) is 13.8 Å². The Morgan fingerprint density at radius 3 is 2.68 bits per heavy atom. The van der Waals surface area contributed by atoms with E-state index in [9.17, 15) is 9.59 Å². The summed E-state index contributed by atoms with van der Waals surface area (Å²) in [6, 6.07) is 5.99. The number of aromatic nitrogens is 3. The highest BCUT2D eigenvalue weighted by atomic mass is 16.2. The van der Waals surface area contributed by atoms with Crippen molar-refractivity contribution in [3.63, 3.8) is 0 Å². The lowest BCUT2D eigenvalue weighted by atomic mass is 9.93. The maximum atomic E-state index is 12.5. The van der Waals surface area contributed by atoms with Crippen LogP contribution in [0.2, 0.25) is 0 Å². The third-order valence-corrected chi connectivity index (χ3v) is 4.88. The molecule has 6 nitrogen and oxygen atoms in total. The quantitative estimate of drug-likeness (QED) is 0.925. The van der Waals surface area contributed by atoms with Crippen LogP contribution in [0.5, 0.6) is 0 Å². The Bertz CT molecular complexity index is 793. The van der Waals surface area contributed by atoms with Crippen LogP contribution < -0.4 is 5.56 Å². The monoisotopic (exact) mass is 340 g/mol. The smallest absolute Gasteiger partial charge is 0.254 e. The maximum absolute atomic E-state index is 12.5. The van der Waals surface area contributed by atoms with Gasteiger partial charge >= 0.3 is 0 Å². The Balaban J connectivity index is 1.54. The highest BCUT2D eigenvalue weighted by molar-refractivity contribution is 5.76. The van der Waals surface area contributed by atoms with Crippen LogP contribution in [-0.4, -0.2) is 38.8 Å². The molecule has 2 aromatic rings. The highest BCUT2D eigenvalue weighted by Gasteiger charge is 2.24. The highest BCUT2D eigenvalue weighted by Crippen LogP contribution is 2.26. The van der Waals surface area contributed by atoms with Crippen LogP contribution in [0.15, 0.2) is 29.2 Å². The molecule has 0 atom stereocenters. The van der Waals surface area contributed by atoms with Gasteiger partial charge in [-0.15, -0.1) is 0 Å². The number of H-pyrrole nitrogens is 1. The molecule has 25 heavy (non-hydrogen) atoms. The van der Waals surface area contributed by atoms with E-state index in [0.29, 0.717) is 35.8 Å². The molecule has 3 heterocycles. The number of aryl methyl sites for hydroxylation is 2. The fourth-order valence-electron chi connectivity index (χ4n) is 3.48. The van der Waals surface area contributed by atoms with Crippen LogP contribution in [0.1, 0.15) is 48.0 Å². The first-order valence-electron chi connectivity index (χ1n) is 8.79. The average molecular weight is 340 g/mol. The number of pyridine rings is 1. The largest absolute Gasteiger partial charge is 0.343 e. The summed E-state index contributed by atoms with van der Waals surface area (Å²) < 4.78 is 0. The van der Waals surface area contributed by atoms with E-state index in [0.717, 1.165) is 31.6 Å². The molecule has 0 unspecified atom stereocenters. The number of carbonyl (C=O) groups is 1. The fraction of sp³-hybridized carbons (Fsp3) is 0.474. The fourth-order valence-corrected chi connectivity index (χ4v) is 3.48. The van der Waals surface area contributed by atoms with Crippen molar-refractivity contribution in [2.24, 2.45) is 0 Å². The molecule has 132 valence electrons. The molecular formula is C19H24N4O2. The third-order valence-electron chi connectivity index (χ3n) is 4.88. The number of carbonyl (C=O) groups excluding carboxylic acids is 1. The maximum Gasteiger partial charge on any atom is 0.254 e.